The van der Waals surface area contributed by atoms with Gasteiger partial charge in [-0.2, -0.15) is 0 Å². The van der Waals surface area contributed by atoms with Gasteiger partial charge in [0, 0.05) is 36.9 Å². The Morgan fingerprint density at radius 3 is 2.27 bits per heavy atom. The highest BCUT2D eigenvalue weighted by Crippen LogP contribution is 2.21. The molecule has 2 heterocycles. The maximum Gasteiger partial charge on any atom is 0.338 e. The van der Waals surface area contributed by atoms with Crippen molar-refractivity contribution in [3.63, 3.8) is 0 Å². The number of anilines is 2. The Kier molecular flexibility index (Phi) is 6.19. The van der Waals surface area contributed by atoms with Gasteiger partial charge in [0.05, 0.1) is 5.56 Å². The number of benzene rings is 1. The fourth-order valence-corrected chi connectivity index (χ4v) is 2.98. The van der Waals surface area contributed by atoms with Crippen LogP contribution in [0, 0.1) is 0 Å². The minimum absolute atomic E-state index is 0.324. The van der Waals surface area contributed by atoms with Gasteiger partial charge in [-0.3, -0.25) is 9.78 Å². The highest BCUT2D eigenvalue weighted by Gasteiger charge is 2.12. The third-order valence-electron chi connectivity index (χ3n) is 4.37. The molecule has 1 fully saturated rings. The van der Waals surface area contributed by atoms with E-state index in [0.29, 0.717) is 11.3 Å². The number of carbonyl (C=O) groups is 2. The molecule has 1 saturated heterocycles. The first-order valence-electron chi connectivity index (χ1n) is 8.94. The van der Waals surface area contributed by atoms with Crippen molar-refractivity contribution in [3.05, 3.63) is 54.4 Å². The van der Waals surface area contributed by atoms with E-state index in [9.17, 15) is 9.59 Å². The summed E-state index contributed by atoms with van der Waals surface area (Å²) in [5, 5.41) is 2.74. The molecule has 1 aliphatic heterocycles. The number of nitrogens with zero attached hydrogens (tertiary/aromatic N) is 2. The Bertz CT molecular complexity index is 724. The number of aromatic nitrogens is 1. The maximum atomic E-state index is 12.0. The molecule has 1 amide bonds. The molecule has 0 radical (unpaired) electrons. The van der Waals surface area contributed by atoms with Crippen molar-refractivity contribution < 1.29 is 14.3 Å². The molecular formula is C20H23N3O3. The SMILES string of the molecule is O=C(COC(=O)c1ccncc1)Nc1ccc(N2CCCCCC2)cc1. The van der Waals surface area contributed by atoms with E-state index in [2.05, 4.69) is 15.2 Å². The number of hydrogen-bond acceptors (Lipinski definition) is 5. The van der Waals surface area contributed by atoms with Crippen molar-refractivity contribution in [2.75, 3.05) is 29.9 Å². The number of ether oxygens (including phenoxy) is 1. The normalized spacial score (nSPS) is 14.4. The molecule has 0 bridgehead atoms. The summed E-state index contributed by atoms with van der Waals surface area (Å²) in [6, 6.07) is 10.9. The van der Waals surface area contributed by atoms with Gasteiger partial charge in [0.25, 0.3) is 5.91 Å². The molecule has 2 aromatic rings. The fourth-order valence-electron chi connectivity index (χ4n) is 2.98. The van der Waals surface area contributed by atoms with Gasteiger partial charge in [-0.05, 0) is 49.2 Å². The first-order chi connectivity index (χ1) is 12.7. The summed E-state index contributed by atoms with van der Waals surface area (Å²) in [5.74, 6) is -0.908. The zero-order valence-corrected chi connectivity index (χ0v) is 14.7. The lowest BCUT2D eigenvalue weighted by Gasteiger charge is -2.22. The number of pyridine rings is 1. The van der Waals surface area contributed by atoms with Gasteiger partial charge in [-0.15, -0.1) is 0 Å². The maximum absolute atomic E-state index is 12.0. The minimum Gasteiger partial charge on any atom is -0.452 e. The molecule has 136 valence electrons. The average Bonchev–Trinajstić information content (AvgIpc) is 2.97. The smallest absolute Gasteiger partial charge is 0.338 e. The van der Waals surface area contributed by atoms with E-state index in [-0.39, 0.29) is 12.5 Å². The van der Waals surface area contributed by atoms with Crippen LogP contribution < -0.4 is 10.2 Å². The van der Waals surface area contributed by atoms with Crippen LogP contribution in [0.25, 0.3) is 0 Å². The van der Waals surface area contributed by atoms with Gasteiger partial charge in [0.15, 0.2) is 6.61 Å². The standard InChI is InChI=1S/C20H23N3O3/c24-19(15-26-20(25)16-9-11-21-12-10-16)22-17-5-7-18(8-6-17)23-13-3-1-2-4-14-23/h5-12H,1-4,13-15H2,(H,22,24). The third-order valence-corrected chi connectivity index (χ3v) is 4.37. The number of esters is 1. The molecular weight excluding hydrogens is 330 g/mol. The van der Waals surface area contributed by atoms with E-state index in [1.54, 1.807) is 12.1 Å². The second-order valence-corrected chi connectivity index (χ2v) is 6.31. The van der Waals surface area contributed by atoms with E-state index < -0.39 is 5.97 Å². The Balaban J connectivity index is 1.49. The number of hydrogen-bond donors (Lipinski definition) is 1. The van der Waals surface area contributed by atoms with E-state index in [4.69, 9.17) is 4.74 Å². The summed E-state index contributed by atoms with van der Waals surface area (Å²) in [4.78, 5) is 30.0. The molecule has 0 unspecified atom stereocenters. The minimum atomic E-state index is -0.543. The van der Waals surface area contributed by atoms with Crippen LogP contribution >= 0.6 is 0 Å². The van der Waals surface area contributed by atoms with E-state index >= 15 is 0 Å². The Morgan fingerprint density at radius 1 is 0.962 bits per heavy atom. The second-order valence-electron chi connectivity index (χ2n) is 6.31. The van der Waals surface area contributed by atoms with Crippen molar-refractivity contribution in [2.24, 2.45) is 0 Å². The highest BCUT2D eigenvalue weighted by atomic mass is 16.5. The zero-order valence-electron chi connectivity index (χ0n) is 14.7. The lowest BCUT2D eigenvalue weighted by molar-refractivity contribution is -0.119. The number of amides is 1. The van der Waals surface area contributed by atoms with Crippen LogP contribution in [0.15, 0.2) is 48.8 Å². The number of carbonyl (C=O) groups excluding carboxylic acids is 2. The number of nitrogens with one attached hydrogen (secondary N) is 1. The molecule has 26 heavy (non-hydrogen) atoms. The van der Waals surface area contributed by atoms with Crippen LogP contribution in [0.2, 0.25) is 0 Å². The van der Waals surface area contributed by atoms with Gasteiger partial charge in [-0.25, -0.2) is 4.79 Å². The van der Waals surface area contributed by atoms with Gasteiger partial charge in [-0.1, -0.05) is 12.8 Å². The van der Waals surface area contributed by atoms with Crippen LogP contribution in [0.5, 0.6) is 0 Å². The summed E-state index contributed by atoms with van der Waals surface area (Å²) in [5.41, 5.74) is 2.23. The highest BCUT2D eigenvalue weighted by molar-refractivity contribution is 5.95. The summed E-state index contributed by atoms with van der Waals surface area (Å²) < 4.78 is 5.01. The Labute approximate surface area is 153 Å². The van der Waals surface area contributed by atoms with Crippen LogP contribution in [0.4, 0.5) is 11.4 Å². The van der Waals surface area contributed by atoms with Gasteiger partial charge in [0.1, 0.15) is 0 Å². The molecule has 0 spiro atoms. The first-order valence-corrected chi connectivity index (χ1v) is 8.94. The van der Waals surface area contributed by atoms with Crippen molar-refractivity contribution in [2.45, 2.75) is 25.7 Å². The summed E-state index contributed by atoms with van der Waals surface area (Å²) in [6.45, 7) is 1.84. The van der Waals surface area contributed by atoms with E-state index in [1.807, 2.05) is 24.3 Å². The molecule has 1 N–H and O–H groups in total. The van der Waals surface area contributed by atoms with E-state index in [0.717, 1.165) is 13.1 Å². The fraction of sp³-hybridized carbons (Fsp3) is 0.350. The molecule has 0 aliphatic carbocycles. The molecule has 6 nitrogen and oxygen atoms in total. The zero-order chi connectivity index (χ0) is 18.2. The lowest BCUT2D eigenvalue weighted by atomic mass is 10.2. The van der Waals surface area contributed by atoms with Crippen LogP contribution in [-0.4, -0.2) is 36.6 Å². The molecule has 0 atom stereocenters. The van der Waals surface area contributed by atoms with Gasteiger partial charge < -0.3 is 15.0 Å². The van der Waals surface area contributed by atoms with Crippen LogP contribution in [-0.2, 0) is 9.53 Å². The molecule has 1 aromatic heterocycles. The largest absolute Gasteiger partial charge is 0.452 e. The predicted molar refractivity (Wildman–Crippen MR) is 100 cm³/mol. The molecule has 1 aromatic carbocycles. The third kappa shape index (κ3) is 5.05. The number of rotatable bonds is 5. The van der Waals surface area contributed by atoms with Crippen molar-refractivity contribution in [1.82, 2.24) is 4.98 Å². The summed E-state index contributed by atoms with van der Waals surface area (Å²) >= 11 is 0. The van der Waals surface area contributed by atoms with Crippen molar-refractivity contribution in [1.29, 1.82) is 0 Å². The Hall–Kier alpha value is -2.89. The van der Waals surface area contributed by atoms with Gasteiger partial charge in [0.2, 0.25) is 0 Å². The van der Waals surface area contributed by atoms with Gasteiger partial charge >= 0.3 is 5.97 Å². The second kappa shape index (κ2) is 8.99. The van der Waals surface area contributed by atoms with Crippen LogP contribution in [0.1, 0.15) is 36.0 Å². The summed E-state index contributed by atoms with van der Waals surface area (Å²) in [6.07, 6.45) is 8.04. The monoisotopic (exact) mass is 353 g/mol. The van der Waals surface area contributed by atoms with E-state index in [1.165, 1.54) is 43.8 Å². The summed E-state index contributed by atoms with van der Waals surface area (Å²) in [7, 11) is 0. The predicted octanol–water partition coefficient (Wildman–Crippen LogP) is 3.26. The molecule has 1 aliphatic rings. The van der Waals surface area contributed by atoms with Crippen LogP contribution in [0.3, 0.4) is 0 Å². The lowest BCUT2D eigenvalue weighted by Crippen LogP contribution is -2.24. The van der Waals surface area contributed by atoms with Crippen molar-refractivity contribution >= 4 is 23.3 Å². The van der Waals surface area contributed by atoms with Crippen molar-refractivity contribution in [3.8, 4) is 0 Å². The molecule has 0 saturated carbocycles. The quantitative estimate of drug-likeness (QED) is 0.836. The first kappa shape index (κ1) is 17.9. The molecule has 6 heteroatoms. The molecule has 3 rings (SSSR count). The topological polar surface area (TPSA) is 71.5 Å². The Morgan fingerprint density at radius 2 is 1.62 bits per heavy atom. The average molecular weight is 353 g/mol.